The molecule has 1 aromatic rings. The summed E-state index contributed by atoms with van der Waals surface area (Å²) < 4.78 is 6.69. The number of fused-ring (bicyclic) bond motifs is 1. The van der Waals surface area contributed by atoms with Crippen molar-refractivity contribution < 1.29 is 14.6 Å². The van der Waals surface area contributed by atoms with Crippen molar-refractivity contribution in [2.75, 3.05) is 26.7 Å². The Labute approximate surface area is 139 Å². The van der Waals surface area contributed by atoms with Gasteiger partial charge >= 0.3 is 0 Å². The fraction of sp³-hybridized carbons (Fsp3) is 0.600. The van der Waals surface area contributed by atoms with Crippen molar-refractivity contribution in [3.05, 3.63) is 22.3 Å². The van der Waals surface area contributed by atoms with Crippen molar-refractivity contribution in [3.8, 4) is 5.88 Å². The van der Waals surface area contributed by atoms with Gasteiger partial charge in [0, 0.05) is 29.7 Å². The van der Waals surface area contributed by atoms with Gasteiger partial charge in [-0.25, -0.2) is 4.98 Å². The number of aromatic nitrogens is 1. The van der Waals surface area contributed by atoms with Crippen LogP contribution in [0.15, 0.2) is 16.7 Å². The third-order valence-corrected chi connectivity index (χ3v) is 4.33. The standard InChI is InChI=1S/C15H22BrN3O3/c1-9-7-19(10(2)8-20)15(21)12-4-11(16)5-18-14(12)22-13(9)6-17-3/h4-5,9-10,13,17,20H,6-8H2,1-3H3/t9-,10-,13+/m0/s1. The maximum Gasteiger partial charge on any atom is 0.259 e. The number of likely N-dealkylation sites (N-methyl/N-ethyl adjacent to an activating group) is 1. The van der Waals surface area contributed by atoms with Gasteiger partial charge in [0.1, 0.15) is 11.7 Å². The molecule has 1 aliphatic rings. The highest BCUT2D eigenvalue weighted by Gasteiger charge is 2.33. The van der Waals surface area contributed by atoms with E-state index >= 15 is 0 Å². The van der Waals surface area contributed by atoms with Gasteiger partial charge in [0.05, 0.1) is 12.6 Å². The second kappa shape index (κ2) is 7.39. The highest BCUT2D eigenvalue weighted by molar-refractivity contribution is 9.10. The molecule has 2 N–H and O–H groups in total. The van der Waals surface area contributed by atoms with Gasteiger partial charge in [-0.15, -0.1) is 0 Å². The van der Waals surface area contributed by atoms with E-state index in [0.29, 0.717) is 24.5 Å². The predicted molar refractivity (Wildman–Crippen MR) is 87.0 cm³/mol. The minimum atomic E-state index is -0.255. The second-order valence-electron chi connectivity index (χ2n) is 5.69. The molecule has 0 bridgehead atoms. The average molecular weight is 372 g/mol. The number of aliphatic hydroxyl groups excluding tert-OH is 1. The largest absolute Gasteiger partial charge is 0.472 e. The number of nitrogens with one attached hydrogen (secondary N) is 1. The SMILES string of the molecule is CNC[C@H]1Oc2ncc(Br)cc2C(=O)N([C@@H](C)CO)C[C@@H]1C. The summed E-state index contributed by atoms with van der Waals surface area (Å²) in [6.07, 6.45) is 1.52. The van der Waals surface area contributed by atoms with Crippen LogP contribution >= 0.6 is 15.9 Å². The van der Waals surface area contributed by atoms with Crippen molar-refractivity contribution in [3.63, 3.8) is 0 Å². The molecule has 2 rings (SSSR count). The van der Waals surface area contributed by atoms with E-state index in [4.69, 9.17) is 4.74 Å². The Kier molecular flexibility index (Phi) is 5.77. The van der Waals surface area contributed by atoms with Crippen LogP contribution in [-0.4, -0.2) is 59.8 Å². The first-order valence-electron chi connectivity index (χ1n) is 7.36. The summed E-state index contributed by atoms with van der Waals surface area (Å²) >= 11 is 3.34. The highest BCUT2D eigenvalue weighted by atomic mass is 79.9. The van der Waals surface area contributed by atoms with Crippen molar-refractivity contribution >= 4 is 21.8 Å². The van der Waals surface area contributed by atoms with Gasteiger partial charge in [0.25, 0.3) is 5.91 Å². The number of amides is 1. The van der Waals surface area contributed by atoms with Crippen LogP contribution in [-0.2, 0) is 0 Å². The van der Waals surface area contributed by atoms with Gasteiger partial charge in [0.2, 0.25) is 5.88 Å². The molecule has 22 heavy (non-hydrogen) atoms. The number of halogens is 1. The number of carbonyl (C=O) groups is 1. The summed E-state index contributed by atoms with van der Waals surface area (Å²) in [6.45, 7) is 4.99. The van der Waals surface area contributed by atoms with E-state index in [2.05, 4.69) is 26.2 Å². The molecule has 0 spiro atoms. The lowest BCUT2D eigenvalue weighted by molar-refractivity contribution is 0.0403. The Bertz CT molecular complexity index is 541. The number of hydrogen-bond acceptors (Lipinski definition) is 5. The van der Waals surface area contributed by atoms with Crippen molar-refractivity contribution in [1.29, 1.82) is 0 Å². The first-order valence-corrected chi connectivity index (χ1v) is 8.15. The summed E-state index contributed by atoms with van der Waals surface area (Å²) in [5.41, 5.74) is 0.419. The molecule has 6 nitrogen and oxygen atoms in total. The molecular formula is C15H22BrN3O3. The average Bonchev–Trinajstić information content (AvgIpc) is 2.51. The Morgan fingerprint density at radius 1 is 1.64 bits per heavy atom. The van der Waals surface area contributed by atoms with Gasteiger partial charge in [-0.2, -0.15) is 0 Å². The Morgan fingerprint density at radius 2 is 2.36 bits per heavy atom. The zero-order valence-corrected chi connectivity index (χ0v) is 14.6. The molecule has 122 valence electrons. The lowest BCUT2D eigenvalue weighted by atomic mass is 10.0. The number of nitrogens with zero attached hydrogens (tertiary/aromatic N) is 2. The van der Waals surface area contributed by atoms with Crippen molar-refractivity contribution in [1.82, 2.24) is 15.2 Å². The fourth-order valence-electron chi connectivity index (χ4n) is 2.52. The molecule has 1 aromatic heterocycles. The number of rotatable bonds is 4. The number of ether oxygens (including phenoxy) is 1. The molecule has 3 atom stereocenters. The van der Waals surface area contributed by atoms with Crippen molar-refractivity contribution in [2.24, 2.45) is 5.92 Å². The predicted octanol–water partition coefficient (Wildman–Crippen LogP) is 1.28. The summed E-state index contributed by atoms with van der Waals surface area (Å²) in [5.74, 6) is 0.291. The molecule has 1 amide bonds. The number of hydrogen-bond donors (Lipinski definition) is 2. The summed E-state index contributed by atoms with van der Waals surface area (Å²) in [7, 11) is 1.87. The normalized spacial score (nSPS) is 23.3. The van der Waals surface area contributed by atoms with Crippen LogP contribution in [0.1, 0.15) is 24.2 Å². The van der Waals surface area contributed by atoms with Crippen LogP contribution in [0.5, 0.6) is 5.88 Å². The molecule has 0 aliphatic carbocycles. The van der Waals surface area contributed by atoms with E-state index in [9.17, 15) is 9.90 Å². The first kappa shape index (κ1) is 17.2. The summed E-state index contributed by atoms with van der Waals surface area (Å²) in [5, 5.41) is 12.6. The number of pyridine rings is 1. The van der Waals surface area contributed by atoms with E-state index in [0.717, 1.165) is 4.47 Å². The minimum Gasteiger partial charge on any atom is -0.472 e. The minimum absolute atomic E-state index is 0.0766. The molecule has 0 saturated carbocycles. The molecule has 1 aliphatic heterocycles. The summed E-state index contributed by atoms with van der Waals surface area (Å²) in [6, 6.07) is 1.46. The monoisotopic (exact) mass is 371 g/mol. The zero-order valence-electron chi connectivity index (χ0n) is 13.0. The van der Waals surface area contributed by atoms with E-state index in [-0.39, 0.29) is 30.6 Å². The van der Waals surface area contributed by atoms with Gasteiger partial charge in [-0.3, -0.25) is 4.79 Å². The topological polar surface area (TPSA) is 74.7 Å². The number of aliphatic hydroxyl groups is 1. The van der Waals surface area contributed by atoms with Gasteiger partial charge in [-0.05, 0) is 36.0 Å². The van der Waals surface area contributed by atoms with Crippen LogP contribution in [0.3, 0.4) is 0 Å². The van der Waals surface area contributed by atoms with E-state index < -0.39 is 0 Å². The molecule has 2 heterocycles. The molecule has 0 saturated heterocycles. The van der Waals surface area contributed by atoms with Crippen LogP contribution < -0.4 is 10.1 Å². The Balaban J connectivity index is 2.45. The molecule has 0 aromatic carbocycles. The van der Waals surface area contributed by atoms with E-state index in [1.807, 2.05) is 20.9 Å². The Hall–Kier alpha value is -1.18. The molecule has 0 unspecified atom stereocenters. The van der Waals surface area contributed by atoms with Gasteiger partial charge in [0.15, 0.2) is 0 Å². The molecule has 7 heteroatoms. The quantitative estimate of drug-likeness (QED) is 0.833. The van der Waals surface area contributed by atoms with Crippen LogP contribution in [0.2, 0.25) is 0 Å². The van der Waals surface area contributed by atoms with Crippen LogP contribution in [0.4, 0.5) is 0 Å². The zero-order chi connectivity index (χ0) is 16.3. The highest BCUT2D eigenvalue weighted by Crippen LogP contribution is 2.28. The Morgan fingerprint density at radius 3 is 3.00 bits per heavy atom. The lowest BCUT2D eigenvalue weighted by Crippen LogP contribution is -2.49. The van der Waals surface area contributed by atoms with Crippen LogP contribution in [0.25, 0.3) is 0 Å². The molecular weight excluding hydrogens is 350 g/mol. The van der Waals surface area contributed by atoms with Crippen molar-refractivity contribution in [2.45, 2.75) is 26.0 Å². The fourth-order valence-corrected chi connectivity index (χ4v) is 2.85. The van der Waals surface area contributed by atoms with E-state index in [1.165, 1.54) is 0 Å². The van der Waals surface area contributed by atoms with E-state index in [1.54, 1.807) is 17.2 Å². The lowest BCUT2D eigenvalue weighted by Gasteiger charge is -2.36. The van der Waals surface area contributed by atoms with Gasteiger partial charge < -0.3 is 20.1 Å². The third-order valence-electron chi connectivity index (χ3n) is 3.89. The smallest absolute Gasteiger partial charge is 0.259 e. The van der Waals surface area contributed by atoms with Crippen LogP contribution in [0, 0.1) is 5.92 Å². The number of carbonyl (C=O) groups excluding carboxylic acids is 1. The second-order valence-corrected chi connectivity index (χ2v) is 6.60. The third kappa shape index (κ3) is 3.59. The maximum atomic E-state index is 12.8. The first-order chi connectivity index (χ1) is 10.5. The van der Waals surface area contributed by atoms with Gasteiger partial charge in [-0.1, -0.05) is 6.92 Å². The molecule has 0 radical (unpaired) electrons. The molecule has 0 fully saturated rings. The summed E-state index contributed by atoms with van der Waals surface area (Å²) in [4.78, 5) is 18.8. The maximum absolute atomic E-state index is 12.8.